The molecule has 1 aliphatic carbocycles. The largest absolute Gasteiger partial charge is 0.461 e. The summed E-state index contributed by atoms with van der Waals surface area (Å²) in [5, 5.41) is 12.0. The van der Waals surface area contributed by atoms with Crippen molar-refractivity contribution in [2.75, 3.05) is 4.72 Å². The van der Waals surface area contributed by atoms with Crippen LogP contribution in [0.1, 0.15) is 30.2 Å². The number of fused-ring (bicyclic) bond motifs is 3. The quantitative estimate of drug-likeness (QED) is 0.510. The van der Waals surface area contributed by atoms with Gasteiger partial charge in [0.25, 0.3) is 15.7 Å². The molecule has 28 heavy (non-hydrogen) atoms. The highest BCUT2D eigenvalue weighted by Crippen LogP contribution is 2.35. The molecule has 2 aromatic carbocycles. The predicted molar refractivity (Wildman–Crippen MR) is 106 cm³/mol. The van der Waals surface area contributed by atoms with Gasteiger partial charge in [-0.15, -0.1) is 0 Å². The highest BCUT2D eigenvalue weighted by Gasteiger charge is 2.23. The van der Waals surface area contributed by atoms with Crippen LogP contribution in [-0.2, 0) is 22.9 Å². The van der Waals surface area contributed by atoms with Crippen LogP contribution in [-0.4, -0.2) is 13.3 Å². The third kappa shape index (κ3) is 3.24. The Kier molecular flexibility index (Phi) is 4.38. The first-order chi connectivity index (χ1) is 13.2. The molecular weight excluding hydrogens is 380 g/mol. The SMILES string of the molecule is Cc1ccc(S(=O)(=O)Nc2ccc3oc4c(c3c2)C[C@H](C)CC4)cc1[N+](=O)[O-]. The van der Waals surface area contributed by atoms with Crippen LogP contribution >= 0.6 is 0 Å². The Morgan fingerprint density at radius 1 is 1.21 bits per heavy atom. The Labute approximate surface area is 162 Å². The summed E-state index contributed by atoms with van der Waals surface area (Å²) in [6.07, 6.45) is 2.88. The van der Waals surface area contributed by atoms with Gasteiger partial charge in [-0.05, 0) is 49.9 Å². The Morgan fingerprint density at radius 2 is 2.00 bits per heavy atom. The fourth-order valence-electron chi connectivity index (χ4n) is 3.68. The van der Waals surface area contributed by atoms with Gasteiger partial charge >= 0.3 is 0 Å². The summed E-state index contributed by atoms with van der Waals surface area (Å²) in [5.41, 5.74) is 2.46. The van der Waals surface area contributed by atoms with Crippen LogP contribution < -0.4 is 4.72 Å². The van der Waals surface area contributed by atoms with E-state index in [1.54, 1.807) is 25.1 Å². The van der Waals surface area contributed by atoms with Crippen molar-refractivity contribution in [3.05, 3.63) is 63.4 Å². The van der Waals surface area contributed by atoms with Crippen molar-refractivity contribution in [2.45, 2.75) is 38.0 Å². The Morgan fingerprint density at radius 3 is 2.75 bits per heavy atom. The molecule has 1 N–H and O–H groups in total. The molecule has 0 saturated heterocycles. The molecule has 1 aromatic heterocycles. The summed E-state index contributed by atoms with van der Waals surface area (Å²) in [6.45, 7) is 3.76. The average molecular weight is 400 g/mol. The van der Waals surface area contributed by atoms with Gasteiger partial charge in [-0.2, -0.15) is 0 Å². The summed E-state index contributed by atoms with van der Waals surface area (Å²) in [7, 11) is -3.95. The van der Waals surface area contributed by atoms with Crippen molar-refractivity contribution >= 4 is 32.4 Å². The summed E-state index contributed by atoms with van der Waals surface area (Å²) >= 11 is 0. The maximum atomic E-state index is 12.7. The van der Waals surface area contributed by atoms with E-state index in [2.05, 4.69) is 11.6 Å². The molecule has 1 atom stereocenters. The standard InChI is InChI=1S/C20H20N2O5S/c1-12-3-7-19-16(9-12)17-10-14(5-8-20(17)27-19)21-28(25,26)15-6-4-13(2)18(11-15)22(23)24/h4-6,8,10-12,21H,3,7,9H2,1-2H3/t12-/m1/s1. The highest BCUT2D eigenvalue weighted by molar-refractivity contribution is 7.92. The zero-order valence-electron chi connectivity index (χ0n) is 15.6. The second-order valence-electron chi connectivity index (χ2n) is 7.37. The second-order valence-corrected chi connectivity index (χ2v) is 9.06. The van der Waals surface area contributed by atoms with Gasteiger partial charge in [-0.3, -0.25) is 14.8 Å². The first-order valence-electron chi connectivity index (χ1n) is 9.07. The number of sulfonamides is 1. The number of nitrogens with one attached hydrogen (secondary N) is 1. The molecular formula is C20H20N2O5S. The topological polar surface area (TPSA) is 102 Å². The van der Waals surface area contributed by atoms with E-state index in [0.29, 0.717) is 17.2 Å². The molecule has 1 heterocycles. The fraction of sp³-hybridized carbons (Fsp3) is 0.300. The number of hydrogen-bond acceptors (Lipinski definition) is 5. The number of nitro groups is 1. The zero-order valence-corrected chi connectivity index (χ0v) is 16.4. The van der Waals surface area contributed by atoms with Gasteiger partial charge in [0, 0.05) is 34.7 Å². The number of hydrogen-bond donors (Lipinski definition) is 1. The van der Waals surface area contributed by atoms with Crippen LogP contribution in [0, 0.1) is 23.0 Å². The number of nitrogens with zero attached hydrogens (tertiary/aromatic N) is 1. The number of anilines is 1. The number of nitro benzene ring substituents is 1. The lowest BCUT2D eigenvalue weighted by Gasteiger charge is -2.16. The molecule has 146 valence electrons. The smallest absolute Gasteiger partial charge is 0.273 e. The lowest BCUT2D eigenvalue weighted by Crippen LogP contribution is -2.13. The Hall–Kier alpha value is -2.87. The molecule has 4 rings (SSSR count). The summed E-state index contributed by atoms with van der Waals surface area (Å²) < 4.78 is 33.9. The first-order valence-corrected chi connectivity index (χ1v) is 10.5. The molecule has 0 spiro atoms. The average Bonchev–Trinajstić information content (AvgIpc) is 2.98. The number of furan rings is 1. The van der Waals surface area contributed by atoms with Gasteiger partial charge in [-0.25, -0.2) is 8.42 Å². The number of benzene rings is 2. The van der Waals surface area contributed by atoms with Gasteiger partial charge < -0.3 is 4.42 Å². The van der Waals surface area contributed by atoms with Crippen molar-refractivity contribution in [2.24, 2.45) is 5.92 Å². The lowest BCUT2D eigenvalue weighted by molar-refractivity contribution is -0.385. The summed E-state index contributed by atoms with van der Waals surface area (Å²) in [6, 6.07) is 9.05. The monoisotopic (exact) mass is 400 g/mol. The molecule has 1 aliphatic rings. The van der Waals surface area contributed by atoms with Gasteiger partial charge in [0.15, 0.2) is 0 Å². The lowest BCUT2D eigenvalue weighted by atomic mass is 9.88. The van der Waals surface area contributed by atoms with Crippen LogP contribution in [0.5, 0.6) is 0 Å². The molecule has 0 fully saturated rings. The summed E-state index contributed by atoms with van der Waals surface area (Å²) in [5.74, 6) is 1.53. The molecule has 3 aromatic rings. The van der Waals surface area contributed by atoms with E-state index < -0.39 is 14.9 Å². The number of rotatable bonds is 4. The summed E-state index contributed by atoms with van der Waals surface area (Å²) in [4.78, 5) is 10.4. The van der Waals surface area contributed by atoms with E-state index in [-0.39, 0.29) is 10.6 Å². The van der Waals surface area contributed by atoms with E-state index in [1.807, 2.05) is 0 Å². The highest BCUT2D eigenvalue weighted by atomic mass is 32.2. The third-order valence-corrected chi connectivity index (χ3v) is 6.61. The molecule has 8 heteroatoms. The zero-order chi connectivity index (χ0) is 20.1. The molecule has 0 aliphatic heterocycles. The van der Waals surface area contributed by atoms with Crippen molar-refractivity contribution in [3.8, 4) is 0 Å². The normalized spacial score (nSPS) is 16.7. The Bertz CT molecular complexity index is 1200. The molecule has 0 radical (unpaired) electrons. The van der Waals surface area contributed by atoms with Crippen LogP contribution in [0.2, 0.25) is 0 Å². The van der Waals surface area contributed by atoms with E-state index in [4.69, 9.17) is 4.42 Å². The fourth-order valence-corrected chi connectivity index (χ4v) is 4.75. The number of aryl methyl sites for hydroxylation is 2. The van der Waals surface area contributed by atoms with Gasteiger partial charge in [0.1, 0.15) is 11.3 Å². The maximum Gasteiger partial charge on any atom is 0.273 e. The minimum Gasteiger partial charge on any atom is -0.461 e. The molecule has 0 amide bonds. The maximum absolute atomic E-state index is 12.7. The van der Waals surface area contributed by atoms with Crippen molar-refractivity contribution in [1.29, 1.82) is 0 Å². The van der Waals surface area contributed by atoms with Crippen LogP contribution in [0.4, 0.5) is 11.4 Å². The van der Waals surface area contributed by atoms with Crippen LogP contribution in [0.3, 0.4) is 0 Å². The van der Waals surface area contributed by atoms with Gasteiger partial charge in [0.2, 0.25) is 0 Å². The van der Waals surface area contributed by atoms with Gasteiger partial charge in [-0.1, -0.05) is 13.0 Å². The minimum atomic E-state index is -3.95. The molecule has 0 saturated carbocycles. The van der Waals surface area contributed by atoms with Crippen molar-refractivity contribution in [3.63, 3.8) is 0 Å². The van der Waals surface area contributed by atoms with E-state index in [0.717, 1.165) is 47.6 Å². The minimum absolute atomic E-state index is 0.146. The van der Waals surface area contributed by atoms with Crippen LogP contribution in [0.15, 0.2) is 45.7 Å². The molecule has 0 bridgehead atoms. The van der Waals surface area contributed by atoms with E-state index in [9.17, 15) is 18.5 Å². The predicted octanol–water partition coefficient (Wildman–Crippen LogP) is 4.58. The van der Waals surface area contributed by atoms with Crippen molar-refractivity contribution < 1.29 is 17.8 Å². The van der Waals surface area contributed by atoms with Crippen LogP contribution in [0.25, 0.3) is 11.0 Å². The molecule has 0 unspecified atom stereocenters. The molecule has 7 nitrogen and oxygen atoms in total. The van der Waals surface area contributed by atoms with E-state index in [1.165, 1.54) is 12.1 Å². The van der Waals surface area contributed by atoms with Crippen molar-refractivity contribution in [1.82, 2.24) is 0 Å². The van der Waals surface area contributed by atoms with Gasteiger partial charge in [0.05, 0.1) is 9.82 Å². The van der Waals surface area contributed by atoms with E-state index >= 15 is 0 Å². The second kappa shape index (κ2) is 6.63. The first kappa shape index (κ1) is 18.5. The Balaban J connectivity index is 1.70. The third-order valence-electron chi connectivity index (χ3n) is 5.23.